The standard InChI is InChI=1S/C18H15Cl3N2O2S2/c19-12-2-1-3-14(6-12)23-17-10-27(24,25)9-16(17)22-18(23)26-8-11-4-5-13(20)7-15(11)21/h1-7,16-17H,8-10H2/t16-,17+/m1/s1. The molecule has 27 heavy (non-hydrogen) atoms. The maximum Gasteiger partial charge on any atom is 0.164 e. The largest absolute Gasteiger partial charge is 0.315 e. The van der Waals surface area contributed by atoms with Crippen LogP contribution in [0.15, 0.2) is 47.5 Å². The van der Waals surface area contributed by atoms with Gasteiger partial charge >= 0.3 is 0 Å². The second-order valence-corrected chi connectivity index (χ2v) is 10.9. The minimum atomic E-state index is -3.09. The van der Waals surface area contributed by atoms with Crippen LogP contribution in [0.2, 0.25) is 15.1 Å². The summed E-state index contributed by atoms with van der Waals surface area (Å²) in [6.45, 7) is 0. The lowest BCUT2D eigenvalue weighted by Crippen LogP contribution is -2.39. The Kier molecular flexibility index (Phi) is 5.38. The van der Waals surface area contributed by atoms with Crippen LogP contribution in [0.4, 0.5) is 5.69 Å². The first-order chi connectivity index (χ1) is 12.8. The molecule has 2 atom stereocenters. The highest BCUT2D eigenvalue weighted by molar-refractivity contribution is 8.13. The van der Waals surface area contributed by atoms with E-state index in [1.54, 1.807) is 18.2 Å². The van der Waals surface area contributed by atoms with Crippen molar-refractivity contribution in [2.45, 2.75) is 17.8 Å². The first-order valence-corrected chi connectivity index (χ1v) is 12.2. The van der Waals surface area contributed by atoms with E-state index in [1.807, 2.05) is 29.2 Å². The van der Waals surface area contributed by atoms with Gasteiger partial charge < -0.3 is 4.90 Å². The molecule has 9 heteroatoms. The number of thioether (sulfide) groups is 1. The molecule has 0 radical (unpaired) electrons. The fourth-order valence-corrected chi connectivity index (χ4v) is 7.05. The van der Waals surface area contributed by atoms with Gasteiger partial charge in [0.05, 0.1) is 23.6 Å². The Balaban J connectivity index is 1.63. The Labute approximate surface area is 177 Å². The number of amidine groups is 1. The number of fused-ring (bicyclic) bond motifs is 1. The lowest BCUT2D eigenvalue weighted by Gasteiger charge is -2.26. The maximum atomic E-state index is 12.1. The van der Waals surface area contributed by atoms with Crippen molar-refractivity contribution in [1.29, 1.82) is 0 Å². The van der Waals surface area contributed by atoms with Crippen LogP contribution < -0.4 is 4.90 Å². The molecular formula is C18H15Cl3N2O2S2. The van der Waals surface area contributed by atoms with E-state index < -0.39 is 9.84 Å². The molecule has 1 saturated heterocycles. The van der Waals surface area contributed by atoms with E-state index in [2.05, 4.69) is 0 Å². The van der Waals surface area contributed by atoms with Gasteiger partial charge in [-0.25, -0.2) is 8.42 Å². The zero-order chi connectivity index (χ0) is 19.2. The number of anilines is 1. The summed E-state index contributed by atoms with van der Waals surface area (Å²) in [6, 6.07) is 12.4. The van der Waals surface area contributed by atoms with E-state index in [9.17, 15) is 8.42 Å². The maximum absolute atomic E-state index is 12.1. The van der Waals surface area contributed by atoms with Gasteiger partial charge in [0.25, 0.3) is 0 Å². The molecule has 142 valence electrons. The van der Waals surface area contributed by atoms with Crippen molar-refractivity contribution in [3.8, 4) is 0 Å². The van der Waals surface area contributed by atoms with E-state index >= 15 is 0 Å². The lowest BCUT2D eigenvalue weighted by molar-refractivity contribution is 0.601. The Hall–Kier alpha value is -0.920. The number of hydrogen-bond donors (Lipinski definition) is 0. The average Bonchev–Trinajstić information content (AvgIpc) is 3.05. The third-order valence-corrected chi connectivity index (χ3v) is 8.10. The van der Waals surface area contributed by atoms with E-state index in [-0.39, 0.29) is 23.6 Å². The second-order valence-electron chi connectivity index (χ2n) is 6.50. The second kappa shape index (κ2) is 7.48. The zero-order valence-electron chi connectivity index (χ0n) is 14.0. The van der Waals surface area contributed by atoms with Crippen molar-refractivity contribution in [1.82, 2.24) is 0 Å². The quantitative estimate of drug-likeness (QED) is 0.651. The van der Waals surface area contributed by atoms with Crippen molar-refractivity contribution in [2.24, 2.45) is 4.99 Å². The van der Waals surface area contributed by atoms with Gasteiger partial charge in [0.2, 0.25) is 0 Å². The van der Waals surface area contributed by atoms with Crippen molar-refractivity contribution in [2.75, 3.05) is 16.4 Å². The van der Waals surface area contributed by atoms with Crippen molar-refractivity contribution in [3.05, 3.63) is 63.1 Å². The van der Waals surface area contributed by atoms with E-state index in [1.165, 1.54) is 11.8 Å². The monoisotopic (exact) mass is 460 g/mol. The highest BCUT2D eigenvalue weighted by Gasteiger charge is 2.47. The van der Waals surface area contributed by atoms with Gasteiger partial charge in [-0.2, -0.15) is 0 Å². The smallest absolute Gasteiger partial charge is 0.164 e. The van der Waals surface area contributed by atoms with Gasteiger partial charge in [0, 0.05) is 26.5 Å². The summed E-state index contributed by atoms with van der Waals surface area (Å²) < 4.78 is 24.2. The van der Waals surface area contributed by atoms with Gasteiger partial charge in [-0.1, -0.05) is 58.7 Å². The number of hydrogen-bond acceptors (Lipinski definition) is 5. The minimum Gasteiger partial charge on any atom is -0.315 e. The normalized spacial score (nSPS) is 23.4. The number of benzene rings is 2. The number of nitrogens with zero attached hydrogens (tertiary/aromatic N) is 2. The lowest BCUT2D eigenvalue weighted by atomic mass is 10.1. The van der Waals surface area contributed by atoms with Crippen LogP contribution in [0.1, 0.15) is 5.56 Å². The van der Waals surface area contributed by atoms with Crippen LogP contribution in [0.25, 0.3) is 0 Å². The molecule has 0 spiro atoms. The Morgan fingerprint density at radius 2 is 1.85 bits per heavy atom. The zero-order valence-corrected chi connectivity index (χ0v) is 17.9. The molecular weight excluding hydrogens is 447 g/mol. The summed E-state index contributed by atoms with van der Waals surface area (Å²) in [7, 11) is -3.09. The molecule has 0 saturated carbocycles. The molecule has 0 N–H and O–H groups in total. The highest BCUT2D eigenvalue weighted by Crippen LogP contribution is 2.37. The summed E-state index contributed by atoms with van der Waals surface area (Å²) >= 11 is 19.9. The number of halogens is 3. The van der Waals surface area contributed by atoms with Crippen LogP contribution in [0, 0.1) is 0 Å². The number of sulfone groups is 1. The minimum absolute atomic E-state index is 0.0838. The molecule has 2 aromatic carbocycles. The predicted molar refractivity (Wildman–Crippen MR) is 115 cm³/mol. The summed E-state index contributed by atoms with van der Waals surface area (Å²) in [6.07, 6.45) is 0. The number of rotatable bonds is 3. The third kappa shape index (κ3) is 4.10. The molecule has 0 bridgehead atoms. The fraction of sp³-hybridized carbons (Fsp3) is 0.278. The van der Waals surface area contributed by atoms with Gasteiger partial charge in [-0.05, 0) is 35.9 Å². The number of aliphatic imine (C=N–C) groups is 1. The van der Waals surface area contributed by atoms with Gasteiger partial charge in [-0.15, -0.1) is 0 Å². The van der Waals surface area contributed by atoms with Crippen LogP contribution in [-0.2, 0) is 15.6 Å². The van der Waals surface area contributed by atoms with Crippen LogP contribution in [0.5, 0.6) is 0 Å². The predicted octanol–water partition coefficient (Wildman–Crippen LogP) is 4.92. The van der Waals surface area contributed by atoms with Crippen LogP contribution >= 0.6 is 46.6 Å². The van der Waals surface area contributed by atoms with Crippen LogP contribution in [0.3, 0.4) is 0 Å². The van der Waals surface area contributed by atoms with Gasteiger partial charge in [0.1, 0.15) is 0 Å². The van der Waals surface area contributed by atoms with Crippen molar-refractivity contribution >= 4 is 67.3 Å². The highest BCUT2D eigenvalue weighted by atomic mass is 35.5. The SMILES string of the molecule is O=S1(=O)C[C@H]2N=C(SCc3ccc(Cl)cc3Cl)N(c3cccc(Cl)c3)[C@H]2C1. The molecule has 1 fully saturated rings. The molecule has 0 aliphatic carbocycles. The molecule has 4 nitrogen and oxygen atoms in total. The summed E-state index contributed by atoms with van der Waals surface area (Å²) in [5.74, 6) is 0.790. The fourth-order valence-electron chi connectivity index (χ4n) is 3.34. The Bertz CT molecular complexity index is 1030. The molecule has 2 aliphatic heterocycles. The van der Waals surface area contributed by atoms with Crippen molar-refractivity contribution < 1.29 is 8.42 Å². The Morgan fingerprint density at radius 1 is 1.07 bits per heavy atom. The van der Waals surface area contributed by atoms with E-state index in [0.717, 1.165) is 16.4 Å². The molecule has 2 aromatic rings. The molecule has 0 amide bonds. The van der Waals surface area contributed by atoms with Crippen molar-refractivity contribution in [3.63, 3.8) is 0 Å². The van der Waals surface area contributed by atoms with Gasteiger partial charge in [0.15, 0.2) is 15.0 Å². The summed E-state index contributed by atoms with van der Waals surface area (Å²) in [4.78, 5) is 6.71. The molecule has 0 aromatic heterocycles. The third-order valence-electron chi connectivity index (χ3n) is 4.57. The first-order valence-electron chi connectivity index (χ1n) is 8.22. The van der Waals surface area contributed by atoms with Crippen LogP contribution in [-0.4, -0.2) is 37.2 Å². The molecule has 4 rings (SSSR count). The Morgan fingerprint density at radius 3 is 2.59 bits per heavy atom. The topological polar surface area (TPSA) is 49.7 Å². The summed E-state index contributed by atoms with van der Waals surface area (Å²) in [5, 5.41) is 2.58. The first kappa shape index (κ1) is 19.4. The summed E-state index contributed by atoms with van der Waals surface area (Å²) in [5.41, 5.74) is 1.80. The molecule has 2 aliphatic rings. The van der Waals surface area contributed by atoms with E-state index in [4.69, 9.17) is 39.8 Å². The molecule has 2 heterocycles. The van der Waals surface area contributed by atoms with Gasteiger partial charge in [-0.3, -0.25) is 4.99 Å². The van der Waals surface area contributed by atoms with E-state index in [0.29, 0.717) is 20.8 Å². The molecule has 0 unspecified atom stereocenters. The average molecular weight is 462 g/mol.